The normalized spacial score (nSPS) is 15.4. The Labute approximate surface area is 141 Å². The molecule has 0 radical (unpaired) electrons. The largest absolute Gasteiger partial charge is 0.331 e. The molecular weight excluding hydrogens is 330 g/mol. The lowest BCUT2D eigenvalue weighted by Gasteiger charge is -2.22. The molecule has 1 saturated carbocycles. The zero-order chi connectivity index (χ0) is 17.3. The van der Waals surface area contributed by atoms with Gasteiger partial charge >= 0.3 is 5.69 Å². The smallest absolute Gasteiger partial charge is 0.289 e. The van der Waals surface area contributed by atoms with Gasteiger partial charge in [-0.1, -0.05) is 19.3 Å². The van der Waals surface area contributed by atoms with Crippen LogP contribution < -0.4 is 11.2 Å². The minimum absolute atomic E-state index is 0.0807. The highest BCUT2D eigenvalue weighted by Crippen LogP contribution is 2.32. The average molecular weight is 347 g/mol. The van der Waals surface area contributed by atoms with Crippen molar-refractivity contribution >= 4 is 11.8 Å². The van der Waals surface area contributed by atoms with Crippen LogP contribution in [0.1, 0.15) is 43.7 Å². The third-order valence-electron chi connectivity index (χ3n) is 4.29. The van der Waals surface area contributed by atoms with Gasteiger partial charge in [-0.25, -0.2) is 9.48 Å². The summed E-state index contributed by atoms with van der Waals surface area (Å²) >= 11 is 1.08. The average Bonchev–Trinajstić information content (AvgIpc) is 3.07. The molecule has 24 heavy (non-hydrogen) atoms. The molecule has 0 aliphatic heterocycles. The van der Waals surface area contributed by atoms with Crippen molar-refractivity contribution < 1.29 is 0 Å². The van der Waals surface area contributed by atoms with Crippen LogP contribution in [0.15, 0.2) is 19.8 Å². The van der Waals surface area contributed by atoms with Crippen molar-refractivity contribution in [1.82, 2.24) is 29.3 Å². The highest BCUT2D eigenvalue weighted by molar-refractivity contribution is 7.99. The molecule has 0 spiro atoms. The second kappa shape index (κ2) is 6.60. The predicted octanol–water partition coefficient (Wildman–Crippen LogP) is 0.599. The fourth-order valence-corrected chi connectivity index (χ4v) is 3.91. The Bertz CT molecular complexity index is 915. The van der Waals surface area contributed by atoms with Crippen LogP contribution in [0, 0.1) is 11.3 Å². The van der Waals surface area contributed by atoms with E-state index in [0.29, 0.717) is 5.16 Å². The number of aromatic nitrogens is 6. The first kappa shape index (κ1) is 16.4. The minimum atomic E-state index is -0.611. The zero-order valence-electron chi connectivity index (χ0n) is 13.5. The van der Waals surface area contributed by atoms with Crippen molar-refractivity contribution in [3.05, 3.63) is 26.4 Å². The molecule has 0 atom stereocenters. The van der Waals surface area contributed by atoms with Gasteiger partial charge in [-0.05, 0) is 35.0 Å². The van der Waals surface area contributed by atoms with Crippen LogP contribution in [-0.2, 0) is 14.1 Å². The summed E-state index contributed by atoms with van der Waals surface area (Å²) in [4.78, 5) is 24.3. The fraction of sp³-hybridized carbons (Fsp3) is 0.571. The summed E-state index contributed by atoms with van der Waals surface area (Å²) < 4.78 is 3.95. The lowest BCUT2D eigenvalue weighted by atomic mass is 9.96. The molecule has 1 fully saturated rings. The van der Waals surface area contributed by atoms with Crippen molar-refractivity contribution in [1.29, 1.82) is 5.26 Å². The van der Waals surface area contributed by atoms with Gasteiger partial charge in [-0.3, -0.25) is 13.9 Å². The topological polar surface area (TPSA) is 111 Å². The standard InChI is InChI=1S/C14H17N7O2S/c1-19-11(22)10(8-15)12(20(2)14(19)23)24-13-16-17-18-21(13)9-6-4-3-5-7-9/h9H,3-7H2,1-2H3. The second-order valence-corrected chi connectivity index (χ2v) is 6.75. The quantitative estimate of drug-likeness (QED) is 0.747. The molecular formula is C14H17N7O2S. The summed E-state index contributed by atoms with van der Waals surface area (Å²) in [5.74, 6) is 0. The third kappa shape index (κ3) is 2.75. The molecule has 126 valence electrons. The third-order valence-corrected chi connectivity index (χ3v) is 5.42. The molecule has 3 rings (SSSR count). The molecule has 1 aliphatic rings. The van der Waals surface area contributed by atoms with Crippen molar-refractivity contribution in [3.8, 4) is 6.07 Å². The Morgan fingerprint density at radius 2 is 1.88 bits per heavy atom. The molecule has 0 unspecified atom stereocenters. The molecule has 2 heterocycles. The molecule has 0 amide bonds. The Hall–Kier alpha value is -2.41. The van der Waals surface area contributed by atoms with E-state index in [-0.39, 0.29) is 16.6 Å². The van der Waals surface area contributed by atoms with Crippen LogP contribution >= 0.6 is 11.8 Å². The first-order valence-corrected chi connectivity index (χ1v) is 8.52. The Kier molecular flexibility index (Phi) is 4.53. The number of nitrogens with zero attached hydrogens (tertiary/aromatic N) is 7. The van der Waals surface area contributed by atoms with Gasteiger partial charge in [-0.2, -0.15) is 5.26 Å². The SMILES string of the molecule is Cn1c(Sc2nnnn2C2CCCCC2)c(C#N)c(=O)n(C)c1=O. The van der Waals surface area contributed by atoms with E-state index in [1.165, 1.54) is 25.1 Å². The van der Waals surface area contributed by atoms with Crippen LogP contribution in [0.4, 0.5) is 0 Å². The van der Waals surface area contributed by atoms with E-state index in [2.05, 4.69) is 15.5 Å². The number of rotatable bonds is 3. The highest BCUT2D eigenvalue weighted by atomic mass is 32.2. The Morgan fingerprint density at radius 1 is 1.17 bits per heavy atom. The summed E-state index contributed by atoms with van der Waals surface area (Å²) in [5, 5.41) is 21.9. The first-order valence-electron chi connectivity index (χ1n) is 7.70. The summed E-state index contributed by atoms with van der Waals surface area (Å²) in [6.07, 6.45) is 5.46. The fourth-order valence-electron chi connectivity index (χ4n) is 2.93. The van der Waals surface area contributed by atoms with Gasteiger partial charge in [0.25, 0.3) is 5.56 Å². The van der Waals surface area contributed by atoms with E-state index in [1.807, 2.05) is 6.07 Å². The minimum Gasteiger partial charge on any atom is -0.289 e. The van der Waals surface area contributed by atoms with Gasteiger partial charge < -0.3 is 0 Å². The molecule has 0 bridgehead atoms. The van der Waals surface area contributed by atoms with Crippen molar-refractivity contribution in [2.45, 2.75) is 48.3 Å². The lowest BCUT2D eigenvalue weighted by molar-refractivity contribution is 0.307. The van der Waals surface area contributed by atoms with Crippen molar-refractivity contribution in [3.63, 3.8) is 0 Å². The second-order valence-electron chi connectivity index (χ2n) is 5.80. The van der Waals surface area contributed by atoms with Crippen LogP contribution in [0.3, 0.4) is 0 Å². The summed E-state index contributed by atoms with van der Waals surface area (Å²) in [6.45, 7) is 0. The molecule has 0 N–H and O–H groups in total. The van der Waals surface area contributed by atoms with Crippen LogP contribution in [0.25, 0.3) is 0 Å². The van der Waals surface area contributed by atoms with Crippen molar-refractivity contribution in [2.75, 3.05) is 0 Å². The molecule has 0 aromatic carbocycles. The van der Waals surface area contributed by atoms with E-state index >= 15 is 0 Å². The van der Waals surface area contributed by atoms with Crippen LogP contribution in [0.5, 0.6) is 0 Å². The highest BCUT2D eigenvalue weighted by Gasteiger charge is 2.23. The first-order chi connectivity index (χ1) is 11.5. The number of nitriles is 1. The summed E-state index contributed by atoms with van der Waals surface area (Å²) in [7, 11) is 2.88. The molecule has 9 nitrogen and oxygen atoms in total. The monoisotopic (exact) mass is 347 g/mol. The van der Waals surface area contributed by atoms with E-state index in [0.717, 1.165) is 42.0 Å². The Morgan fingerprint density at radius 3 is 2.54 bits per heavy atom. The predicted molar refractivity (Wildman–Crippen MR) is 85.7 cm³/mol. The molecule has 1 aliphatic carbocycles. The molecule has 2 aromatic heterocycles. The molecule has 10 heteroatoms. The van der Waals surface area contributed by atoms with Crippen LogP contribution in [-0.4, -0.2) is 29.3 Å². The lowest BCUT2D eigenvalue weighted by Crippen LogP contribution is -2.39. The number of tetrazole rings is 1. The van der Waals surface area contributed by atoms with Gasteiger partial charge in [0.05, 0.1) is 6.04 Å². The van der Waals surface area contributed by atoms with Crippen molar-refractivity contribution in [2.24, 2.45) is 14.1 Å². The summed E-state index contributed by atoms with van der Waals surface area (Å²) in [6, 6.07) is 2.11. The van der Waals surface area contributed by atoms with E-state index in [1.54, 1.807) is 4.68 Å². The maximum atomic E-state index is 12.2. The van der Waals surface area contributed by atoms with Gasteiger partial charge in [0.2, 0.25) is 5.16 Å². The maximum absolute atomic E-state index is 12.2. The van der Waals surface area contributed by atoms with Gasteiger partial charge in [0.1, 0.15) is 16.7 Å². The zero-order valence-corrected chi connectivity index (χ0v) is 14.3. The van der Waals surface area contributed by atoms with Gasteiger partial charge in [0.15, 0.2) is 0 Å². The maximum Gasteiger partial charge on any atom is 0.331 e. The summed E-state index contributed by atoms with van der Waals surface area (Å²) in [5.41, 5.74) is -1.18. The molecule has 2 aromatic rings. The molecule has 0 saturated heterocycles. The Balaban J connectivity index is 2.05. The number of hydrogen-bond acceptors (Lipinski definition) is 7. The van der Waals surface area contributed by atoms with Crippen LogP contribution in [0.2, 0.25) is 0 Å². The van der Waals surface area contributed by atoms with E-state index in [9.17, 15) is 14.9 Å². The van der Waals surface area contributed by atoms with E-state index < -0.39 is 11.2 Å². The van der Waals surface area contributed by atoms with E-state index in [4.69, 9.17) is 0 Å². The number of hydrogen-bond donors (Lipinski definition) is 0. The van der Waals surface area contributed by atoms with Gasteiger partial charge in [0, 0.05) is 14.1 Å². The van der Waals surface area contributed by atoms with Gasteiger partial charge in [-0.15, -0.1) is 5.10 Å².